The van der Waals surface area contributed by atoms with E-state index in [9.17, 15) is 9.59 Å². The number of hydrogen-bond acceptors (Lipinski definition) is 8. The van der Waals surface area contributed by atoms with E-state index in [0.717, 1.165) is 18.4 Å². The van der Waals surface area contributed by atoms with E-state index in [1.165, 1.54) is 11.3 Å². The number of unbranched alkanes of at least 4 members (excludes halogenated alkanes) is 1. The molecular formula is C26H30N4O5S. The zero-order valence-electron chi connectivity index (χ0n) is 20.6. The number of amides is 2. The normalized spacial score (nSPS) is 13.6. The van der Waals surface area contributed by atoms with E-state index in [2.05, 4.69) is 27.8 Å². The van der Waals surface area contributed by atoms with Crippen molar-refractivity contribution in [3.05, 3.63) is 48.0 Å². The zero-order chi connectivity index (χ0) is 25.5. The van der Waals surface area contributed by atoms with Gasteiger partial charge in [-0.2, -0.15) is 0 Å². The molecule has 3 aromatic rings. The summed E-state index contributed by atoms with van der Waals surface area (Å²) < 4.78 is 16.4. The molecule has 2 heterocycles. The van der Waals surface area contributed by atoms with Gasteiger partial charge in [0, 0.05) is 11.1 Å². The molecule has 0 radical (unpaired) electrons. The van der Waals surface area contributed by atoms with Crippen LogP contribution in [-0.4, -0.2) is 41.5 Å². The standard InChI is InChI=1S/C26H30N4O5S/c1-4-6-13-33-19-10-7-17(8-11-19)23(31)27-22(16(3)5-2)24(32)28-26-30-29-25(36-26)18-9-12-20-21(14-18)35-15-34-20/h7-12,14,16,22H,4-6,13,15H2,1-3H3,(H,27,31)(H,28,30,32). The highest BCUT2D eigenvalue weighted by molar-refractivity contribution is 7.18. The highest BCUT2D eigenvalue weighted by atomic mass is 32.1. The number of carbonyl (C=O) groups is 2. The van der Waals surface area contributed by atoms with Crippen molar-refractivity contribution in [1.29, 1.82) is 0 Å². The average Bonchev–Trinajstić information content (AvgIpc) is 3.56. The maximum Gasteiger partial charge on any atom is 0.251 e. The Kier molecular flexibility index (Phi) is 8.37. The summed E-state index contributed by atoms with van der Waals surface area (Å²) in [5.74, 6) is 1.29. The second-order valence-corrected chi connectivity index (χ2v) is 9.51. The second kappa shape index (κ2) is 11.9. The molecule has 0 fully saturated rings. The fourth-order valence-electron chi connectivity index (χ4n) is 3.57. The third kappa shape index (κ3) is 6.12. The molecule has 2 aromatic carbocycles. The van der Waals surface area contributed by atoms with Gasteiger partial charge in [-0.3, -0.25) is 14.9 Å². The number of ether oxygens (including phenoxy) is 3. The minimum Gasteiger partial charge on any atom is -0.494 e. The van der Waals surface area contributed by atoms with E-state index in [-0.39, 0.29) is 24.5 Å². The van der Waals surface area contributed by atoms with E-state index in [4.69, 9.17) is 14.2 Å². The van der Waals surface area contributed by atoms with Gasteiger partial charge in [-0.25, -0.2) is 0 Å². The van der Waals surface area contributed by atoms with Gasteiger partial charge in [0.25, 0.3) is 5.91 Å². The fourth-order valence-corrected chi connectivity index (χ4v) is 4.31. The number of fused-ring (bicyclic) bond motifs is 1. The molecule has 9 nitrogen and oxygen atoms in total. The van der Waals surface area contributed by atoms with Crippen LogP contribution in [0.25, 0.3) is 10.6 Å². The Morgan fingerprint density at radius 1 is 1.08 bits per heavy atom. The summed E-state index contributed by atoms with van der Waals surface area (Å²) >= 11 is 1.24. The van der Waals surface area contributed by atoms with Crippen molar-refractivity contribution in [2.24, 2.45) is 5.92 Å². The SMILES string of the molecule is CCCCOc1ccc(C(=O)NC(C(=O)Nc2nnc(-c3ccc4c(c3)OCO4)s2)C(C)CC)cc1. The monoisotopic (exact) mass is 510 g/mol. The third-order valence-corrected chi connectivity index (χ3v) is 6.83. The lowest BCUT2D eigenvalue weighted by Gasteiger charge is -2.23. The number of carbonyl (C=O) groups excluding carboxylic acids is 2. The summed E-state index contributed by atoms with van der Waals surface area (Å²) in [6.45, 7) is 6.83. The van der Waals surface area contributed by atoms with E-state index in [1.54, 1.807) is 24.3 Å². The molecule has 1 aliphatic rings. The Hall–Kier alpha value is -3.66. The molecule has 190 valence electrons. The molecule has 2 atom stereocenters. The van der Waals surface area contributed by atoms with Crippen molar-refractivity contribution in [3.8, 4) is 27.8 Å². The van der Waals surface area contributed by atoms with Crippen LogP contribution in [0.15, 0.2) is 42.5 Å². The Bertz CT molecular complexity index is 1200. The zero-order valence-corrected chi connectivity index (χ0v) is 21.4. The van der Waals surface area contributed by atoms with Crippen LogP contribution in [0.3, 0.4) is 0 Å². The van der Waals surface area contributed by atoms with Gasteiger partial charge in [0.2, 0.25) is 17.8 Å². The van der Waals surface area contributed by atoms with Gasteiger partial charge in [-0.15, -0.1) is 10.2 Å². The summed E-state index contributed by atoms with van der Waals surface area (Å²) in [6, 6.07) is 11.7. The van der Waals surface area contributed by atoms with Crippen LogP contribution in [0.4, 0.5) is 5.13 Å². The van der Waals surface area contributed by atoms with E-state index in [0.29, 0.717) is 46.0 Å². The lowest BCUT2D eigenvalue weighted by molar-refractivity contribution is -0.119. The lowest BCUT2D eigenvalue weighted by atomic mass is 9.98. The molecule has 2 amide bonds. The molecule has 0 saturated heterocycles. The van der Waals surface area contributed by atoms with Crippen molar-refractivity contribution in [1.82, 2.24) is 15.5 Å². The predicted molar refractivity (Wildman–Crippen MR) is 138 cm³/mol. The largest absolute Gasteiger partial charge is 0.494 e. The molecule has 10 heteroatoms. The first-order valence-corrected chi connectivity index (χ1v) is 12.9. The summed E-state index contributed by atoms with van der Waals surface area (Å²) in [7, 11) is 0. The second-order valence-electron chi connectivity index (χ2n) is 8.53. The maximum absolute atomic E-state index is 13.1. The van der Waals surface area contributed by atoms with E-state index < -0.39 is 6.04 Å². The van der Waals surface area contributed by atoms with Gasteiger partial charge in [0.15, 0.2) is 11.5 Å². The first-order chi connectivity index (χ1) is 17.5. The molecule has 2 N–H and O–H groups in total. The predicted octanol–water partition coefficient (Wildman–Crippen LogP) is 4.90. The van der Waals surface area contributed by atoms with Gasteiger partial charge in [0.05, 0.1) is 6.61 Å². The number of benzene rings is 2. The Balaban J connectivity index is 1.40. The molecule has 0 aliphatic carbocycles. The molecule has 1 aliphatic heterocycles. The molecule has 2 unspecified atom stereocenters. The first kappa shape index (κ1) is 25.4. The molecular weight excluding hydrogens is 480 g/mol. The lowest BCUT2D eigenvalue weighted by Crippen LogP contribution is -2.47. The number of hydrogen-bond donors (Lipinski definition) is 2. The van der Waals surface area contributed by atoms with Crippen molar-refractivity contribution in [3.63, 3.8) is 0 Å². The highest BCUT2D eigenvalue weighted by Gasteiger charge is 2.27. The number of aromatic nitrogens is 2. The van der Waals surface area contributed by atoms with Crippen LogP contribution >= 0.6 is 11.3 Å². The summed E-state index contributed by atoms with van der Waals surface area (Å²) in [4.78, 5) is 26.0. The summed E-state index contributed by atoms with van der Waals surface area (Å²) in [5, 5.41) is 15.0. The van der Waals surface area contributed by atoms with Gasteiger partial charge in [0.1, 0.15) is 16.8 Å². The minimum atomic E-state index is -0.735. The van der Waals surface area contributed by atoms with Gasteiger partial charge in [-0.1, -0.05) is 44.9 Å². The Labute approximate surface area is 214 Å². The van der Waals surface area contributed by atoms with Crippen LogP contribution in [0.5, 0.6) is 17.2 Å². The molecule has 4 rings (SSSR count). The maximum atomic E-state index is 13.1. The molecule has 0 spiro atoms. The number of rotatable bonds is 11. The smallest absolute Gasteiger partial charge is 0.251 e. The van der Waals surface area contributed by atoms with Crippen molar-refractivity contribution in [2.45, 2.75) is 46.1 Å². The topological polar surface area (TPSA) is 112 Å². The molecule has 0 saturated carbocycles. The number of nitrogens with one attached hydrogen (secondary N) is 2. The van der Waals surface area contributed by atoms with Crippen LogP contribution in [0, 0.1) is 5.92 Å². The number of anilines is 1. The van der Waals surface area contributed by atoms with Crippen LogP contribution < -0.4 is 24.8 Å². The van der Waals surface area contributed by atoms with Crippen LogP contribution in [0.1, 0.15) is 50.4 Å². The van der Waals surface area contributed by atoms with Crippen molar-refractivity contribution in [2.75, 3.05) is 18.7 Å². The third-order valence-electron chi connectivity index (χ3n) is 5.94. The van der Waals surface area contributed by atoms with Crippen LogP contribution in [-0.2, 0) is 4.79 Å². The Morgan fingerprint density at radius 2 is 1.86 bits per heavy atom. The molecule has 1 aromatic heterocycles. The van der Waals surface area contributed by atoms with Gasteiger partial charge < -0.3 is 19.5 Å². The summed E-state index contributed by atoms with van der Waals surface area (Å²) in [5.41, 5.74) is 1.27. The van der Waals surface area contributed by atoms with Gasteiger partial charge >= 0.3 is 0 Å². The summed E-state index contributed by atoms with van der Waals surface area (Å²) in [6.07, 6.45) is 2.73. The van der Waals surface area contributed by atoms with Crippen molar-refractivity contribution >= 4 is 28.3 Å². The van der Waals surface area contributed by atoms with Gasteiger partial charge in [-0.05, 0) is 54.8 Å². The first-order valence-electron chi connectivity index (χ1n) is 12.1. The van der Waals surface area contributed by atoms with E-state index in [1.807, 2.05) is 32.0 Å². The fraction of sp³-hybridized carbons (Fsp3) is 0.385. The van der Waals surface area contributed by atoms with Crippen molar-refractivity contribution < 1.29 is 23.8 Å². The average molecular weight is 511 g/mol. The molecule has 36 heavy (non-hydrogen) atoms. The number of nitrogens with zero attached hydrogens (tertiary/aromatic N) is 2. The van der Waals surface area contributed by atoms with Crippen LogP contribution in [0.2, 0.25) is 0 Å². The Morgan fingerprint density at radius 3 is 2.61 bits per heavy atom. The minimum absolute atomic E-state index is 0.0909. The van der Waals surface area contributed by atoms with E-state index >= 15 is 0 Å². The quantitative estimate of drug-likeness (QED) is 0.353. The highest BCUT2D eigenvalue weighted by Crippen LogP contribution is 2.37. The molecule has 0 bridgehead atoms.